The minimum absolute atomic E-state index is 0.0709. The van der Waals surface area contributed by atoms with E-state index in [1.54, 1.807) is 6.33 Å². The summed E-state index contributed by atoms with van der Waals surface area (Å²) in [5.41, 5.74) is 2.80. The van der Waals surface area contributed by atoms with E-state index >= 15 is 0 Å². The van der Waals surface area contributed by atoms with Crippen molar-refractivity contribution in [3.05, 3.63) is 47.0 Å². The average molecular weight is 439 g/mol. The molecule has 0 bridgehead atoms. The molecule has 0 saturated carbocycles. The van der Waals surface area contributed by atoms with Crippen molar-refractivity contribution in [2.75, 3.05) is 18.0 Å². The van der Waals surface area contributed by atoms with Gasteiger partial charge >= 0.3 is 0 Å². The summed E-state index contributed by atoms with van der Waals surface area (Å²) < 4.78 is 2.26. The van der Waals surface area contributed by atoms with Gasteiger partial charge < -0.3 is 14.8 Å². The number of hydrogen-bond acceptors (Lipinski definition) is 5. The molecule has 162 valence electrons. The molecule has 1 N–H and O–H groups in total. The van der Waals surface area contributed by atoms with E-state index in [2.05, 4.69) is 24.8 Å². The summed E-state index contributed by atoms with van der Waals surface area (Å²) in [6.45, 7) is 2.99. The van der Waals surface area contributed by atoms with E-state index in [4.69, 9.17) is 16.6 Å². The highest BCUT2D eigenvalue weighted by Crippen LogP contribution is 2.29. The first-order valence-corrected chi connectivity index (χ1v) is 11.5. The Morgan fingerprint density at radius 3 is 3.00 bits per heavy atom. The summed E-state index contributed by atoms with van der Waals surface area (Å²) in [4.78, 5) is 29.1. The number of carbonyl (C=O) groups is 1. The summed E-state index contributed by atoms with van der Waals surface area (Å²) in [7, 11) is 0. The van der Waals surface area contributed by atoms with Gasteiger partial charge in [0.05, 0.1) is 5.92 Å². The fourth-order valence-corrected chi connectivity index (χ4v) is 4.93. The lowest BCUT2D eigenvalue weighted by molar-refractivity contribution is -0.125. The Balaban J connectivity index is 1.32. The Kier molecular flexibility index (Phi) is 5.76. The van der Waals surface area contributed by atoms with Crippen molar-refractivity contribution in [3.8, 4) is 0 Å². The van der Waals surface area contributed by atoms with Crippen LogP contribution in [0.5, 0.6) is 0 Å². The number of aryl methyl sites for hydroxylation is 2. The molecule has 1 aromatic carbocycles. The third kappa shape index (κ3) is 4.24. The molecule has 0 aliphatic carbocycles. The maximum atomic E-state index is 12.9. The summed E-state index contributed by atoms with van der Waals surface area (Å²) in [5.74, 6) is 1.98. The second-order valence-electron chi connectivity index (χ2n) is 8.49. The summed E-state index contributed by atoms with van der Waals surface area (Å²) in [5, 5.41) is 3.76. The number of hydrogen-bond donors (Lipinski definition) is 1. The number of nitrogens with one attached hydrogen (secondary N) is 1. The zero-order chi connectivity index (χ0) is 21.2. The van der Waals surface area contributed by atoms with Crippen LogP contribution in [-0.2, 0) is 24.3 Å². The van der Waals surface area contributed by atoms with Crippen molar-refractivity contribution in [1.82, 2.24) is 24.8 Å². The normalized spacial score (nSPS) is 19.1. The number of anilines is 1. The molecule has 0 spiro atoms. The highest BCUT2D eigenvalue weighted by atomic mass is 35.5. The Hall–Kier alpha value is -2.67. The maximum Gasteiger partial charge on any atom is 0.225 e. The van der Waals surface area contributed by atoms with Crippen molar-refractivity contribution in [2.24, 2.45) is 5.92 Å². The van der Waals surface area contributed by atoms with Crippen LogP contribution in [0.15, 0.2) is 30.6 Å². The average Bonchev–Trinajstić information content (AvgIpc) is 2.98. The number of imidazole rings is 1. The zero-order valence-electron chi connectivity index (χ0n) is 17.6. The second-order valence-corrected chi connectivity index (χ2v) is 8.93. The van der Waals surface area contributed by atoms with E-state index in [9.17, 15) is 4.79 Å². The summed E-state index contributed by atoms with van der Waals surface area (Å²) >= 11 is 6.05. The fourth-order valence-electron chi connectivity index (χ4n) is 4.72. The van der Waals surface area contributed by atoms with Crippen LogP contribution >= 0.6 is 11.6 Å². The van der Waals surface area contributed by atoms with E-state index in [-0.39, 0.29) is 11.8 Å². The minimum Gasteiger partial charge on any atom is -0.354 e. The first kappa shape index (κ1) is 20.2. The molecule has 1 saturated heterocycles. The molecule has 2 aliphatic heterocycles. The van der Waals surface area contributed by atoms with Gasteiger partial charge in [0.1, 0.15) is 12.2 Å². The van der Waals surface area contributed by atoms with E-state index in [1.165, 1.54) is 12.8 Å². The van der Waals surface area contributed by atoms with Gasteiger partial charge in [-0.05, 0) is 43.4 Å². The lowest BCUT2D eigenvalue weighted by Gasteiger charge is -2.32. The molecule has 4 heterocycles. The first-order chi connectivity index (χ1) is 15.2. The predicted molar refractivity (Wildman–Crippen MR) is 121 cm³/mol. The maximum absolute atomic E-state index is 12.9. The molecular weight excluding hydrogens is 412 g/mol. The molecule has 8 heteroatoms. The zero-order valence-corrected chi connectivity index (χ0v) is 18.3. The lowest BCUT2D eigenvalue weighted by Crippen LogP contribution is -2.43. The van der Waals surface area contributed by atoms with Crippen molar-refractivity contribution >= 4 is 34.5 Å². The molecule has 1 fully saturated rings. The molecule has 1 amide bonds. The van der Waals surface area contributed by atoms with Crippen LogP contribution in [0.1, 0.15) is 43.5 Å². The number of aromatic nitrogens is 4. The van der Waals surface area contributed by atoms with Gasteiger partial charge in [-0.3, -0.25) is 4.79 Å². The Bertz CT molecular complexity index is 1100. The molecular formula is C23H27ClN6O. The van der Waals surface area contributed by atoms with Gasteiger partial charge in [-0.15, -0.1) is 0 Å². The molecule has 0 radical (unpaired) electrons. The fraction of sp³-hybridized carbons (Fsp3) is 0.478. The molecule has 1 atom stereocenters. The van der Waals surface area contributed by atoms with Crippen molar-refractivity contribution < 1.29 is 4.79 Å². The van der Waals surface area contributed by atoms with Crippen molar-refractivity contribution in [2.45, 2.75) is 51.6 Å². The van der Waals surface area contributed by atoms with Crippen LogP contribution in [0, 0.1) is 5.92 Å². The summed E-state index contributed by atoms with van der Waals surface area (Å²) in [6, 6.07) is 7.60. The Morgan fingerprint density at radius 2 is 2.10 bits per heavy atom. The summed E-state index contributed by atoms with van der Waals surface area (Å²) in [6.07, 6.45) is 8.03. The largest absolute Gasteiger partial charge is 0.354 e. The Morgan fingerprint density at radius 1 is 1.16 bits per heavy atom. The van der Waals surface area contributed by atoms with Gasteiger partial charge in [-0.2, -0.15) is 0 Å². The van der Waals surface area contributed by atoms with E-state index in [1.807, 2.05) is 24.3 Å². The smallest absolute Gasteiger partial charge is 0.225 e. The molecule has 0 unspecified atom stereocenters. The number of nitrogens with zero attached hydrogens (tertiary/aromatic N) is 5. The van der Waals surface area contributed by atoms with Gasteiger partial charge in [0.15, 0.2) is 17.0 Å². The van der Waals surface area contributed by atoms with E-state index in [0.717, 1.165) is 67.1 Å². The number of amides is 1. The van der Waals surface area contributed by atoms with Crippen molar-refractivity contribution in [3.63, 3.8) is 0 Å². The van der Waals surface area contributed by atoms with Gasteiger partial charge in [-0.1, -0.05) is 30.2 Å². The van der Waals surface area contributed by atoms with Gasteiger partial charge in [0.2, 0.25) is 5.91 Å². The number of benzene rings is 1. The third-order valence-corrected chi connectivity index (χ3v) is 6.56. The lowest BCUT2D eigenvalue weighted by atomic mass is 9.97. The van der Waals surface area contributed by atoms with E-state index < -0.39 is 0 Å². The van der Waals surface area contributed by atoms with Gasteiger partial charge in [0.25, 0.3) is 0 Å². The first-order valence-electron chi connectivity index (χ1n) is 11.2. The molecule has 7 nitrogen and oxygen atoms in total. The number of fused-ring (bicyclic) bond motifs is 3. The highest BCUT2D eigenvalue weighted by Gasteiger charge is 2.29. The number of carbonyl (C=O) groups excluding carboxylic acids is 1. The number of piperidine rings is 1. The molecule has 2 aromatic heterocycles. The van der Waals surface area contributed by atoms with Gasteiger partial charge in [0, 0.05) is 37.6 Å². The molecule has 3 aromatic rings. The van der Waals surface area contributed by atoms with Crippen LogP contribution in [0.2, 0.25) is 5.02 Å². The van der Waals surface area contributed by atoms with Crippen LogP contribution in [0.25, 0.3) is 11.2 Å². The Labute approximate surface area is 186 Å². The molecule has 31 heavy (non-hydrogen) atoms. The van der Waals surface area contributed by atoms with Crippen LogP contribution in [0.4, 0.5) is 5.82 Å². The highest BCUT2D eigenvalue weighted by molar-refractivity contribution is 6.30. The standard InChI is InChI=1S/C23H27ClN6O/c24-18-8-4-6-16(12-18)13-25-23(31)17-7-5-10-29(14-17)21-20-22(27-15-26-21)30-11-3-1-2-9-19(30)28-20/h4,6,8,12,15,17H,1-3,5,7,9-11,13-14H2,(H,25,31)/t17-/m0/s1. The SMILES string of the molecule is O=C(NCc1cccc(Cl)c1)[C@H]1CCCN(c2ncnc3c2nc2n3CCCCC2)C1. The van der Waals surface area contributed by atoms with Crippen LogP contribution in [-0.4, -0.2) is 38.5 Å². The monoisotopic (exact) mass is 438 g/mol. The van der Waals surface area contributed by atoms with Crippen molar-refractivity contribution in [1.29, 1.82) is 0 Å². The van der Waals surface area contributed by atoms with Gasteiger partial charge in [-0.25, -0.2) is 15.0 Å². The minimum atomic E-state index is -0.0709. The predicted octanol–water partition coefficient (Wildman–Crippen LogP) is 3.74. The number of halogens is 1. The quantitative estimate of drug-likeness (QED) is 0.671. The third-order valence-electron chi connectivity index (χ3n) is 6.32. The topological polar surface area (TPSA) is 75.9 Å². The molecule has 5 rings (SSSR count). The van der Waals surface area contributed by atoms with Crippen LogP contribution < -0.4 is 10.2 Å². The van der Waals surface area contributed by atoms with Crippen LogP contribution in [0.3, 0.4) is 0 Å². The second kappa shape index (κ2) is 8.83. The van der Waals surface area contributed by atoms with E-state index in [0.29, 0.717) is 18.1 Å². The molecule has 2 aliphatic rings. The number of rotatable bonds is 4.